The smallest absolute Gasteiger partial charge is 0.223 e. The third-order valence-corrected chi connectivity index (χ3v) is 5.22. The van der Waals surface area contributed by atoms with E-state index in [9.17, 15) is 8.42 Å². The molecule has 2 aromatic rings. The number of pyridine rings is 1. The van der Waals surface area contributed by atoms with Crippen LogP contribution in [0.3, 0.4) is 0 Å². The number of nitrogens with zero attached hydrogens (tertiary/aromatic N) is 1. The molecule has 0 unspecified atom stereocenters. The van der Waals surface area contributed by atoms with Gasteiger partial charge in [0.05, 0.1) is 11.3 Å². The van der Waals surface area contributed by atoms with E-state index in [4.69, 9.17) is 0 Å². The summed E-state index contributed by atoms with van der Waals surface area (Å²) in [4.78, 5) is 0.484. The summed E-state index contributed by atoms with van der Waals surface area (Å²) in [6, 6.07) is 9.47. The van der Waals surface area contributed by atoms with Crippen molar-refractivity contribution in [3.63, 3.8) is 0 Å². The third-order valence-electron chi connectivity index (χ3n) is 3.53. The van der Waals surface area contributed by atoms with Gasteiger partial charge in [-0.3, -0.25) is 0 Å². The molecule has 0 radical (unpaired) electrons. The Morgan fingerprint density at radius 3 is 2.76 bits per heavy atom. The van der Waals surface area contributed by atoms with Gasteiger partial charge in [-0.2, -0.15) is 4.57 Å². The Hall–Kier alpha value is -1.68. The lowest BCUT2D eigenvalue weighted by atomic mass is 10.0. The molecule has 4 heteroatoms. The van der Waals surface area contributed by atoms with E-state index < -0.39 is 9.84 Å². The molecule has 0 amide bonds. The van der Waals surface area contributed by atoms with E-state index in [1.54, 1.807) is 6.07 Å². The lowest BCUT2D eigenvalue weighted by Gasteiger charge is -2.14. The van der Waals surface area contributed by atoms with Crippen molar-refractivity contribution in [3.05, 3.63) is 47.7 Å². The summed E-state index contributed by atoms with van der Waals surface area (Å²) in [6.07, 6.45) is 1.95. The van der Waals surface area contributed by atoms with Gasteiger partial charge in [-0.15, -0.1) is 0 Å². The van der Waals surface area contributed by atoms with Gasteiger partial charge in [0.15, 0.2) is 22.6 Å². The van der Waals surface area contributed by atoms with Crippen molar-refractivity contribution < 1.29 is 13.0 Å². The van der Waals surface area contributed by atoms with Crippen LogP contribution in [0.4, 0.5) is 0 Å². The zero-order valence-corrected chi connectivity index (χ0v) is 9.87. The molecule has 4 rings (SSSR count). The van der Waals surface area contributed by atoms with Gasteiger partial charge in [-0.25, -0.2) is 8.42 Å². The zero-order chi connectivity index (χ0) is 11.6. The SMILES string of the molecule is O=S1(=O)Cc2cccc3c2-c2c1ccc[n+]2C3. The maximum atomic E-state index is 12.2. The topological polar surface area (TPSA) is 38.0 Å². The van der Waals surface area contributed by atoms with Crippen LogP contribution in [0.1, 0.15) is 11.1 Å². The number of hydrogen-bond donors (Lipinski definition) is 0. The first-order valence-electron chi connectivity index (χ1n) is 5.53. The summed E-state index contributed by atoms with van der Waals surface area (Å²) >= 11 is 0. The van der Waals surface area contributed by atoms with Crippen molar-refractivity contribution in [2.75, 3.05) is 0 Å². The second kappa shape index (κ2) is 2.76. The molecule has 0 bridgehead atoms. The minimum Gasteiger partial charge on any atom is -0.223 e. The van der Waals surface area contributed by atoms with Crippen molar-refractivity contribution in [2.24, 2.45) is 0 Å². The summed E-state index contributed by atoms with van der Waals surface area (Å²) in [5.41, 5.74) is 4.18. The number of aromatic nitrogens is 1. The molecule has 2 aliphatic heterocycles. The van der Waals surface area contributed by atoms with Gasteiger partial charge in [-0.1, -0.05) is 18.2 Å². The largest absolute Gasteiger partial charge is 0.232 e. The van der Waals surface area contributed by atoms with Gasteiger partial charge < -0.3 is 0 Å². The van der Waals surface area contributed by atoms with E-state index in [2.05, 4.69) is 6.07 Å². The minimum atomic E-state index is -3.17. The maximum Gasteiger partial charge on any atom is 0.232 e. The Morgan fingerprint density at radius 2 is 1.88 bits per heavy atom. The molecule has 84 valence electrons. The van der Waals surface area contributed by atoms with E-state index in [1.165, 1.54) is 5.56 Å². The monoisotopic (exact) mass is 244 g/mol. The molecule has 3 heterocycles. The first-order chi connectivity index (χ1) is 8.17. The van der Waals surface area contributed by atoms with Gasteiger partial charge in [0, 0.05) is 11.6 Å². The lowest BCUT2D eigenvalue weighted by molar-refractivity contribution is -0.673. The molecule has 0 atom stereocenters. The van der Waals surface area contributed by atoms with Crippen LogP contribution in [-0.4, -0.2) is 8.42 Å². The quantitative estimate of drug-likeness (QED) is 0.559. The molecule has 0 fully saturated rings. The van der Waals surface area contributed by atoms with Crippen molar-refractivity contribution in [2.45, 2.75) is 17.2 Å². The second-order valence-corrected chi connectivity index (χ2v) is 6.52. The number of rotatable bonds is 0. The highest BCUT2D eigenvalue weighted by atomic mass is 32.2. The van der Waals surface area contributed by atoms with Crippen molar-refractivity contribution in [1.82, 2.24) is 0 Å². The zero-order valence-electron chi connectivity index (χ0n) is 9.05. The number of benzene rings is 1. The Balaban J connectivity index is 2.25. The molecule has 0 saturated carbocycles. The molecule has 17 heavy (non-hydrogen) atoms. The third kappa shape index (κ3) is 1.06. The van der Waals surface area contributed by atoms with Crippen molar-refractivity contribution in [3.8, 4) is 11.3 Å². The van der Waals surface area contributed by atoms with Gasteiger partial charge in [-0.05, 0) is 11.6 Å². The van der Waals surface area contributed by atoms with Crippen LogP contribution in [0.2, 0.25) is 0 Å². The van der Waals surface area contributed by atoms with Gasteiger partial charge >= 0.3 is 0 Å². The fourth-order valence-electron chi connectivity index (χ4n) is 2.85. The molecule has 0 aliphatic carbocycles. The average molecular weight is 244 g/mol. The minimum absolute atomic E-state index is 0.132. The Kier molecular flexibility index (Phi) is 1.52. The summed E-state index contributed by atoms with van der Waals surface area (Å²) in [5.74, 6) is 0.132. The van der Waals surface area contributed by atoms with E-state index in [0.717, 1.165) is 23.4 Å². The summed E-state index contributed by atoms with van der Waals surface area (Å²) in [7, 11) is -3.17. The predicted octanol–water partition coefficient (Wildman–Crippen LogP) is 1.29. The van der Waals surface area contributed by atoms with Crippen molar-refractivity contribution in [1.29, 1.82) is 0 Å². The second-order valence-electron chi connectivity index (χ2n) is 4.56. The molecule has 3 nitrogen and oxygen atoms in total. The van der Waals surface area contributed by atoms with Crippen LogP contribution in [-0.2, 0) is 22.1 Å². The molecule has 0 saturated heterocycles. The van der Waals surface area contributed by atoms with Gasteiger partial charge in [0.25, 0.3) is 0 Å². The standard InChI is InChI=1S/C13H10NO2S/c15-17(16)8-10-4-1-3-9-7-14-6-2-5-11(17)13(14)12(9)10/h1-6H,7-8H2/q+1. The molecule has 1 aromatic carbocycles. The Bertz CT molecular complexity index is 763. The van der Waals surface area contributed by atoms with Crippen LogP contribution in [0.15, 0.2) is 41.4 Å². The van der Waals surface area contributed by atoms with Crippen LogP contribution < -0.4 is 4.57 Å². The van der Waals surface area contributed by atoms with Gasteiger partial charge in [0.2, 0.25) is 5.69 Å². The van der Waals surface area contributed by atoms with E-state index in [0.29, 0.717) is 4.90 Å². The lowest BCUT2D eigenvalue weighted by Crippen LogP contribution is -2.34. The Morgan fingerprint density at radius 1 is 1.06 bits per heavy atom. The molecule has 2 aliphatic rings. The average Bonchev–Trinajstić information content (AvgIpc) is 2.66. The van der Waals surface area contributed by atoms with Crippen LogP contribution in [0.25, 0.3) is 11.3 Å². The summed E-state index contributed by atoms with van der Waals surface area (Å²) in [6.45, 7) is 0.780. The number of hydrogen-bond acceptors (Lipinski definition) is 2. The fraction of sp³-hybridized carbons (Fsp3) is 0.154. The predicted molar refractivity (Wildman–Crippen MR) is 62.1 cm³/mol. The van der Waals surface area contributed by atoms with E-state index in [1.807, 2.05) is 29.0 Å². The molecule has 1 aromatic heterocycles. The maximum absolute atomic E-state index is 12.2. The highest BCUT2D eigenvalue weighted by molar-refractivity contribution is 7.90. The van der Waals surface area contributed by atoms with E-state index in [-0.39, 0.29) is 5.75 Å². The van der Waals surface area contributed by atoms with Crippen LogP contribution in [0, 0.1) is 0 Å². The summed E-state index contributed by atoms with van der Waals surface area (Å²) in [5, 5.41) is 0. The van der Waals surface area contributed by atoms with Crippen LogP contribution in [0.5, 0.6) is 0 Å². The highest BCUT2D eigenvalue weighted by Gasteiger charge is 2.40. The highest BCUT2D eigenvalue weighted by Crippen LogP contribution is 2.40. The Labute approximate surface area is 99.3 Å². The molecule has 0 spiro atoms. The normalized spacial score (nSPS) is 17.9. The van der Waals surface area contributed by atoms with Crippen molar-refractivity contribution >= 4 is 9.84 Å². The summed E-state index contributed by atoms with van der Waals surface area (Å²) < 4.78 is 26.4. The molecular formula is C13H10NO2S+. The molecular weight excluding hydrogens is 234 g/mol. The number of sulfone groups is 1. The molecule has 0 N–H and O–H groups in total. The van der Waals surface area contributed by atoms with Gasteiger partial charge in [0.1, 0.15) is 4.90 Å². The van der Waals surface area contributed by atoms with E-state index >= 15 is 0 Å². The first-order valence-corrected chi connectivity index (χ1v) is 7.18. The fourth-order valence-corrected chi connectivity index (χ4v) is 4.46. The first kappa shape index (κ1) is 9.36. The van der Waals surface area contributed by atoms with Crippen LogP contribution >= 0.6 is 0 Å².